The molecule has 0 spiro atoms. The highest BCUT2D eigenvalue weighted by molar-refractivity contribution is 6.17. The Labute approximate surface area is 101 Å². The van der Waals surface area contributed by atoms with E-state index in [2.05, 4.69) is 28.3 Å². The van der Waals surface area contributed by atoms with Crippen LogP contribution in [-0.4, -0.2) is 23.0 Å². The number of hydrogen-bond acceptors (Lipinski definition) is 2. The number of fused-ring (bicyclic) bond motifs is 1. The van der Waals surface area contributed by atoms with E-state index < -0.39 is 0 Å². The molecule has 2 aromatic rings. The summed E-state index contributed by atoms with van der Waals surface area (Å²) in [5, 5.41) is 0. The van der Waals surface area contributed by atoms with Gasteiger partial charge in [-0.1, -0.05) is 13.0 Å². The van der Waals surface area contributed by atoms with Gasteiger partial charge >= 0.3 is 0 Å². The van der Waals surface area contributed by atoms with Crippen molar-refractivity contribution in [2.45, 2.75) is 19.2 Å². The van der Waals surface area contributed by atoms with E-state index in [9.17, 15) is 0 Å². The Morgan fingerprint density at radius 1 is 1.44 bits per heavy atom. The van der Waals surface area contributed by atoms with Gasteiger partial charge in [0.25, 0.3) is 0 Å². The highest BCUT2D eigenvalue weighted by atomic mass is 35.5. The van der Waals surface area contributed by atoms with E-state index >= 15 is 0 Å². The lowest BCUT2D eigenvalue weighted by Gasteiger charge is -2.16. The van der Waals surface area contributed by atoms with Crippen LogP contribution in [0.1, 0.15) is 19.0 Å². The van der Waals surface area contributed by atoms with E-state index in [1.807, 2.05) is 24.4 Å². The van der Waals surface area contributed by atoms with Crippen LogP contribution in [0.2, 0.25) is 0 Å². The Bertz CT molecular complexity index is 478. The van der Waals surface area contributed by atoms with Gasteiger partial charge in [-0.3, -0.25) is 0 Å². The first-order valence-corrected chi connectivity index (χ1v) is 6.04. The van der Waals surface area contributed by atoms with Crippen LogP contribution >= 0.6 is 11.6 Å². The molecular formula is C12H16ClN3. The summed E-state index contributed by atoms with van der Waals surface area (Å²) < 4.78 is 2.05. The van der Waals surface area contributed by atoms with Gasteiger partial charge in [0, 0.05) is 19.8 Å². The maximum atomic E-state index is 6.01. The van der Waals surface area contributed by atoms with Crippen LogP contribution in [0, 0.1) is 0 Å². The highest BCUT2D eigenvalue weighted by Crippen LogP contribution is 2.22. The molecule has 0 bridgehead atoms. The second-order valence-corrected chi connectivity index (χ2v) is 4.13. The molecule has 0 N–H and O–H groups in total. The van der Waals surface area contributed by atoms with Gasteiger partial charge in [-0.2, -0.15) is 0 Å². The summed E-state index contributed by atoms with van der Waals surface area (Å²) in [5.41, 5.74) is 2.02. The third-order valence-corrected chi connectivity index (χ3v) is 2.91. The van der Waals surface area contributed by atoms with Crippen LogP contribution in [0.25, 0.3) is 5.65 Å². The van der Waals surface area contributed by atoms with Gasteiger partial charge in [0.15, 0.2) is 5.82 Å². The number of rotatable bonds is 4. The van der Waals surface area contributed by atoms with Crippen molar-refractivity contribution in [2.24, 2.45) is 0 Å². The first kappa shape index (κ1) is 11.3. The average Bonchev–Trinajstić information content (AvgIpc) is 2.67. The molecule has 0 saturated carbocycles. The minimum absolute atomic E-state index is 0.481. The summed E-state index contributed by atoms with van der Waals surface area (Å²) in [4.78, 5) is 6.76. The first-order chi connectivity index (χ1) is 7.77. The number of aromatic nitrogens is 2. The fourth-order valence-corrected chi connectivity index (χ4v) is 2.15. The summed E-state index contributed by atoms with van der Waals surface area (Å²) in [7, 11) is 2.06. The van der Waals surface area contributed by atoms with E-state index in [4.69, 9.17) is 11.6 Å². The number of imidazole rings is 1. The topological polar surface area (TPSA) is 20.5 Å². The second kappa shape index (κ2) is 4.74. The number of halogens is 1. The van der Waals surface area contributed by atoms with Crippen LogP contribution in [0.4, 0.5) is 5.82 Å². The fourth-order valence-electron chi connectivity index (χ4n) is 1.91. The Morgan fingerprint density at radius 3 is 2.94 bits per heavy atom. The Balaban J connectivity index is 2.51. The van der Waals surface area contributed by atoms with E-state index in [-0.39, 0.29) is 0 Å². The Kier molecular flexibility index (Phi) is 3.34. The molecule has 16 heavy (non-hydrogen) atoms. The van der Waals surface area contributed by atoms with Crippen molar-refractivity contribution in [1.29, 1.82) is 0 Å². The van der Waals surface area contributed by atoms with Crippen molar-refractivity contribution in [2.75, 3.05) is 18.5 Å². The van der Waals surface area contributed by atoms with Crippen molar-refractivity contribution in [3.63, 3.8) is 0 Å². The normalized spacial score (nSPS) is 10.9. The molecule has 0 saturated heterocycles. The molecule has 4 heteroatoms. The van der Waals surface area contributed by atoms with Crippen LogP contribution in [0.5, 0.6) is 0 Å². The summed E-state index contributed by atoms with van der Waals surface area (Å²) in [6.07, 6.45) is 3.11. The van der Waals surface area contributed by atoms with Gasteiger partial charge in [-0.25, -0.2) is 4.98 Å². The second-order valence-electron chi connectivity index (χ2n) is 3.87. The van der Waals surface area contributed by atoms with Gasteiger partial charge < -0.3 is 9.30 Å². The minimum atomic E-state index is 0.481. The Morgan fingerprint density at radius 2 is 2.25 bits per heavy atom. The van der Waals surface area contributed by atoms with Gasteiger partial charge in [0.05, 0.1) is 11.6 Å². The monoisotopic (exact) mass is 237 g/mol. The number of anilines is 1. The molecule has 0 aliphatic carbocycles. The number of alkyl halides is 1. The quantitative estimate of drug-likeness (QED) is 0.763. The molecule has 0 radical (unpaired) electrons. The molecule has 0 aliphatic rings. The van der Waals surface area contributed by atoms with Crippen molar-refractivity contribution >= 4 is 23.1 Å². The largest absolute Gasteiger partial charge is 0.358 e. The van der Waals surface area contributed by atoms with Crippen molar-refractivity contribution in [3.8, 4) is 0 Å². The van der Waals surface area contributed by atoms with E-state index in [0.717, 1.165) is 30.1 Å². The minimum Gasteiger partial charge on any atom is -0.358 e. The number of hydrogen-bond donors (Lipinski definition) is 0. The fraction of sp³-hybridized carbons (Fsp3) is 0.417. The highest BCUT2D eigenvalue weighted by Gasteiger charge is 2.13. The summed E-state index contributed by atoms with van der Waals surface area (Å²) in [5.74, 6) is 1.47. The maximum absolute atomic E-state index is 6.01. The molecule has 0 atom stereocenters. The number of nitrogens with zero attached hydrogens (tertiary/aromatic N) is 3. The summed E-state index contributed by atoms with van der Waals surface area (Å²) >= 11 is 6.01. The van der Waals surface area contributed by atoms with Crippen molar-refractivity contribution in [3.05, 3.63) is 30.1 Å². The predicted octanol–water partition coefficient (Wildman–Crippen LogP) is 2.92. The third kappa shape index (κ3) is 1.87. The molecule has 3 nitrogen and oxygen atoms in total. The van der Waals surface area contributed by atoms with Crippen LogP contribution in [0.15, 0.2) is 24.4 Å². The van der Waals surface area contributed by atoms with Gasteiger partial charge in [0.1, 0.15) is 5.65 Å². The lowest BCUT2D eigenvalue weighted by atomic mass is 10.4. The number of pyridine rings is 1. The lowest BCUT2D eigenvalue weighted by molar-refractivity contribution is 0.836. The smallest absolute Gasteiger partial charge is 0.152 e. The third-order valence-electron chi connectivity index (χ3n) is 2.65. The van der Waals surface area contributed by atoms with Crippen molar-refractivity contribution in [1.82, 2.24) is 9.38 Å². The lowest BCUT2D eigenvalue weighted by Crippen LogP contribution is -2.19. The molecule has 2 aromatic heterocycles. The first-order valence-electron chi connectivity index (χ1n) is 5.51. The predicted molar refractivity (Wildman–Crippen MR) is 68.3 cm³/mol. The molecule has 0 fully saturated rings. The van der Waals surface area contributed by atoms with Gasteiger partial charge in [0.2, 0.25) is 0 Å². The zero-order valence-electron chi connectivity index (χ0n) is 9.65. The van der Waals surface area contributed by atoms with Crippen LogP contribution in [-0.2, 0) is 5.88 Å². The summed E-state index contributed by atoms with van der Waals surface area (Å²) in [6, 6.07) is 5.98. The van der Waals surface area contributed by atoms with Crippen molar-refractivity contribution < 1.29 is 0 Å². The SMILES string of the molecule is CCCN(C)c1nc2ccccn2c1CCl. The zero-order chi connectivity index (χ0) is 11.5. The molecular weight excluding hydrogens is 222 g/mol. The van der Waals surface area contributed by atoms with Crippen LogP contribution < -0.4 is 4.90 Å². The molecule has 86 valence electrons. The molecule has 2 rings (SSSR count). The molecule has 0 aromatic carbocycles. The van der Waals surface area contributed by atoms with E-state index in [1.54, 1.807) is 0 Å². The maximum Gasteiger partial charge on any atom is 0.152 e. The van der Waals surface area contributed by atoms with Gasteiger partial charge in [-0.15, -0.1) is 11.6 Å². The van der Waals surface area contributed by atoms with Crippen LogP contribution in [0.3, 0.4) is 0 Å². The zero-order valence-corrected chi connectivity index (χ0v) is 10.4. The molecule has 0 aliphatic heterocycles. The summed E-state index contributed by atoms with van der Waals surface area (Å²) in [6.45, 7) is 3.15. The standard InChI is InChI=1S/C12H16ClN3/c1-3-7-15(2)12-10(9-13)16-8-5-4-6-11(16)14-12/h4-6,8H,3,7,9H2,1-2H3. The molecule has 0 unspecified atom stereocenters. The molecule has 0 amide bonds. The molecule has 2 heterocycles. The Hall–Kier alpha value is -1.22. The van der Waals surface area contributed by atoms with E-state index in [0.29, 0.717) is 5.88 Å². The average molecular weight is 238 g/mol. The van der Waals surface area contributed by atoms with Gasteiger partial charge in [-0.05, 0) is 18.6 Å². The van der Waals surface area contributed by atoms with E-state index in [1.165, 1.54) is 0 Å².